The zero-order valence-corrected chi connectivity index (χ0v) is 17.2. The van der Waals surface area contributed by atoms with Gasteiger partial charge in [0.15, 0.2) is 5.96 Å². The maximum atomic E-state index is 6.00. The highest BCUT2D eigenvalue weighted by Crippen LogP contribution is 2.37. The first-order valence-corrected chi connectivity index (χ1v) is 8.56. The molecule has 0 bridgehead atoms. The fourth-order valence-electron chi connectivity index (χ4n) is 3.00. The standard InChI is InChI=1S/C16H28N4S.HI/c1-16(2,3)19-15(17)18-11-12-7-5-9-20(4)14(12)13-8-6-10-21-13;/h6,8,10,12,14H,5,7,9,11H2,1-4H3,(H3,17,18,19);1H. The number of halogens is 1. The van der Waals surface area contributed by atoms with Gasteiger partial charge in [0.05, 0.1) is 0 Å². The number of hydrogen-bond acceptors (Lipinski definition) is 3. The van der Waals surface area contributed by atoms with Crippen molar-refractivity contribution in [3.8, 4) is 0 Å². The van der Waals surface area contributed by atoms with Crippen molar-refractivity contribution in [1.82, 2.24) is 10.2 Å². The van der Waals surface area contributed by atoms with E-state index in [0.717, 1.165) is 6.54 Å². The van der Waals surface area contributed by atoms with Crippen molar-refractivity contribution in [2.45, 2.75) is 45.2 Å². The summed E-state index contributed by atoms with van der Waals surface area (Å²) in [6.07, 6.45) is 2.46. The Morgan fingerprint density at radius 1 is 1.50 bits per heavy atom. The van der Waals surface area contributed by atoms with E-state index in [1.165, 1.54) is 24.3 Å². The zero-order valence-electron chi connectivity index (χ0n) is 14.0. The molecule has 2 heterocycles. The summed E-state index contributed by atoms with van der Waals surface area (Å²) in [4.78, 5) is 8.49. The molecule has 0 amide bonds. The van der Waals surface area contributed by atoms with Crippen LogP contribution in [-0.4, -0.2) is 36.5 Å². The highest BCUT2D eigenvalue weighted by atomic mass is 127. The van der Waals surface area contributed by atoms with Gasteiger partial charge in [0.1, 0.15) is 0 Å². The summed E-state index contributed by atoms with van der Waals surface area (Å²) in [6, 6.07) is 4.85. The zero-order chi connectivity index (χ0) is 15.5. The maximum absolute atomic E-state index is 6.00. The smallest absolute Gasteiger partial charge is 0.188 e. The first-order valence-electron chi connectivity index (χ1n) is 7.68. The fourth-order valence-corrected chi connectivity index (χ4v) is 3.98. The third kappa shape index (κ3) is 5.70. The summed E-state index contributed by atoms with van der Waals surface area (Å²) < 4.78 is 0. The van der Waals surface area contributed by atoms with Gasteiger partial charge >= 0.3 is 0 Å². The van der Waals surface area contributed by atoms with Gasteiger partial charge < -0.3 is 11.1 Å². The number of nitrogens with two attached hydrogens (primary N) is 1. The first kappa shape index (κ1) is 19.7. The molecule has 1 aliphatic rings. The molecule has 1 aromatic rings. The lowest BCUT2D eigenvalue weighted by molar-refractivity contribution is 0.128. The van der Waals surface area contributed by atoms with Crippen LogP contribution in [0, 0.1) is 5.92 Å². The van der Waals surface area contributed by atoms with Crippen molar-refractivity contribution in [3.05, 3.63) is 22.4 Å². The average molecular weight is 436 g/mol. The van der Waals surface area contributed by atoms with Gasteiger partial charge in [0.2, 0.25) is 0 Å². The molecule has 6 heteroatoms. The van der Waals surface area contributed by atoms with E-state index in [9.17, 15) is 0 Å². The Balaban J connectivity index is 0.00000242. The van der Waals surface area contributed by atoms with Crippen LogP contribution in [-0.2, 0) is 0 Å². The summed E-state index contributed by atoms with van der Waals surface area (Å²) >= 11 is 1.84. The van der Waals surface area contributed by atoms with Crippen LogP contribution in [0.5, 0.6) is 0 Å². The molecule has 0 aromatic carbocycles. The second kappa shape index (κ2) is 8.49. The number of guanidine groups is 1. The van der Waals surface area contributed by atoms with Gasteiger partial charge in [-0.05, 0) is 64.6 Å². The highest BCUT2D eigenvalue weighted by molar-refractivity contribution is 14.0. The molecule has 0 radical (unpaired) electrons. The van der Waals surface area contributed by atoms with Crippen LogP contribution in [0.1, 0.15) is 44.5 Å². The largest absolute Gasteiger partial charge is 0.370 e. The molecule has 1 fully saturated rings. The summed E-state index contributed by atoms with van der Waals surface area (Å²) in [5.41, 5.74) is 5.97. The van der Waals surface area contributed by atoms with Crippen LogP contribution in [0.4, 0.5) is 0 Å². The molecular weight excluding hydrogens is 407 g/mol. The molecule has 2 atom stereocenters. The Labute approximate surface area is 155 Å². The number of piperidine rings is 1. The number of thiophene rings is 1. The lowest BCUT2D eigenvalue weighted by atomic mass is 9.88. The average Bonchev–Trinajstić information content (AvgIpc) is 2.87. The van der Waals surface area contributed by atoms with Crippen molar-refractivity contribution in [3.63, 3.8) is 0 Å². The van der Waals surface area contributed by atoms with Gasteiger partial charge in [0.25, 0.3) is 0 Å². The normalized spacial score (nSPS) is 23.9. The van der Waals surface area contributed by atoms with E-state index in [2.05, 4.69) is 60.5 Å². The van der Waals surface area contributed by atoms with E-state index in [4.69, 9.17) is 5.73 Å². The molecule has 3 N–H and O–H groups in total. The van der Waals surface area contributed by atoms with Gasteiger partial charge in [-0.1, -0.05) is 6.07 Å². The van der Waals surface area contributed by atoms with E-state index in [1.54, 1.807) is 0 Å². The molecule has 2 unspecified atom stereocenters. The van der Waals surface area contributed by atoms with Crippen molar-refractivity contribution < 1.29 is 0 Å². The molecule has 22 heavy (non-hydrogen) atoms. The van der Waals surface area contributed by atoms with Gasteiger partial charge in [-0.15, -0.1) is 35.3 Å². The minimum atomic E-state index is -0.0376. The van der Waals surface area contributed by atoms with Crippen molar-refractivity contribution in [2.24, 2.45) is 16.6 Å². The molecule has 1 aliphatic heterocycles. The monoisotopic (exact) mass is 436 g/mol. The molecule has 1 saturated heterocycles. The fraction of sp³-hybridized carbons (Fsp3) is 0.688. The van der Waals surface area contributed by atoms with Gasteiger partial charge in [-0.25, -0.2) is 0 Å². The van der Waals surface area contributed by atoms with E-state index in [0.29, 0.717) is 17.9 Å². The van der Waals surface area contributed by atoms with E-state index in [-0.39, 0.29) is 29.5 Å². The van der Waals surface area contributed by atoms with Crippen LogP contribution in [0.15, 0.2) is 22.5 Å². The van der Waals surface area contributed by atoms with Crippen molar-refractivity contribution in [1.29, 1.82) is 0 Å². The Morgan fingerprint density at radius 2 is 2.23 bits per heavy atom. The predicted molar refractivity (Wildman–Crippen MR) is 107 cm³/mol. The lowest BCUT2D eigenvalue weighted by Crippen LogP contribution is -2.45. The third-order valence-corrected chi connectivity index (χ3v) is 4.78. The van der Waals surface area contributed by atoms with Gasteiger partial charge in [0, 0.05) is 23.0 Å². The number of aliphatic imine (C=N–C) groups is 1. The third-order valence-electron chi connectivity index (χ3n) is 3.84. The Kier molecular flexibility index (Phi) is 7.61. The van der Waals surface area contributed by atoms with Crippen LogP contribution in [0.3, 0.4) is 0 Å². The van der Waals surface area contributed by atoms with Crippen LogP contribution in [0.25, 0.3) is 0 Å². The van der Waals surface area contributed by atoms with Crippen molar-refractivity contribution >= 4 is 41.3 Å². The maximum Gasteiger partial charge on any atom is 0.188 e. The Hall–Kier alpha value is -0.340. The van der Waals surface area contributed by atoms with Gasteiger partial charge in [-0.2, -0.15) is 0 Å². The molecule has 0 aliphatic carbocycles. The van der Waals surface area contributed by atoms with Crippen LogP contribution in [0.2, 0.25) is 0 Å². The number of nitrogens with zero attached hydrogens (tertiary/aromatic N) is 2. The Bertz CT molecular complexity index is 467. The number of hydrogen-bond donors (Lipinski definition) is 2. The second-order valence-corrected chi connectivity index (χ2v) is 7.92. The molecule has 2 rings (SSSR count). The van der Waals surface area contributed by atoms with E-state index < -0.39 is 0 Å². The molecule has 0 saturated carbocycles. The molecule has 1 aromatic heterocycles. The van der Waals surface area contributed by atoms with Crippen molar-refractivity contribution in [2.75, 3.05) is 20.1 Å². The van der Waals surface area contributed by atoms with E-state index >= 15 is 0 Å². The highest BCUT2D eigenvalue weighted by Gasteiger charge is 2.31. The minimum Gasteiger partial charge on any atom is -0.370 e. The number of likely N-dealkylation sites (tertiary alicyclic amines) is 1. The van der Waals surface area contributed by atoms with Crippen LogP contribution >= 0.6 is 35.3 Å². The molecular formula is C16H29IN4S. The first-order chi connectivity index (χ1) is 9.87. The summed E-state index contributed by atoms with van der Waals surface area (Å²) in [5, 5.41) is 5.40. The molecule has 126 valence electrons. The quantitative estimate of drug-likeness (QED) is 0.434. The Morgan fingerprint density at radius 3 is 2.82 bits per heavy atom. The molecule has 0 spiro atoms. The number of rotatable bonds is 3. The summed E-state index contributed by atoms with van der Waals surface area (Å²) in [6.45, 7) is 8.25. The summed E-state index contributed by atoms with van der Waals surface area (Å²) in [7, 11) is 2.22. The SMILES string of the molecule is CN1CCCC(CN=C(N)NC(C)(C)C)C1c1cccs1.I. The van der Waals surface area contributed by atoms with E-state index in [1.807, 2.05) is 11.3 Å². The predicted octanol–water partition coefficient (Wildman–Crippen LogP) is 3.45. The van der Waals surface area contributed by atoms with Crippen LogP contribution < -0.4 is 11.1 Å². The second-order valence-electron chi connectivity index (χ2n) is 6.94. The summed E-state index contributed by atoms with van der Waals surface area (Å²) in [5.74, 6) is 1.10. The number of nitrogens with one attached hydrogen (secondary N) is 1. The minimum absolute atomic E-state index is 0. The lowest BCUT2D eigenvalue weighted by Gasteiger charge is -2.38. The van der Waals surface area contributed by atoms with Gasteiger partial charge in [-0.3, -0.25) is 9.89 Å². The topological polar surface area (TPSA) is 53.6 Å². The molecule has 4 nitrogen and oxygen atoms in total.